The molecule has 34 heavy (non-hydrogen) atoms. The van der Waals surface area contributed by atoms with Crippen LogP contribution >= 0.6 is 15.9 Å². The highest BCUT2D eigenvalue weighted by atomic mass is 79.9. The fraction of sp³-hybridized carbons (Fsp3) is 0.292. The molecule has 0 unspecified atom stereocenters. The molecule has 0 aliphatic carbocycles. The first-order valence-corrected chi connectivity index (χ1v) is 11.6. The SMILES string of the molecule is CCOC(=O)OCOC(=O)CC[C@@H]1N=C(c2ccccn2)c2cc(Br)ccc2-n2c(C)cnc21. The van der Waals surface area contributed by atoms with Crippen LogP contribution in [0, 0.1) is 6.92 Å². The Morgan fingerprint density at radius 1 is 1.12 bits per heavy atom. The van der Waals surface area contributed by atoms with E-state index in [0.717, 1.165) is 32.9 Å². The van der Waals surface area contributed by atoms with Crippen molar-refractivity contribution in [2.45, 2.75) is 32.7 Å². The third kappa shape index (κ3) is 5.17. The molecule has 3 aromatic rings. The van der Waals surface area contributed by atoms with Crippen molar-refractivity contribution in [3.63, 3.8) is 0 Å². The highest BCUT2D eigenvalue weighted by molar-refractivity contribution is 9.10. The van der Waals surface area contributed by atoms with Gasteiger partial charge in [0.2, 0.25) is 6.79 Å². The number of aromatic nitrogens is 3. The number of ether oxygens (including phenoxy) is 3. The minimum absolute atomic E-state index is 0.0573. The predicted octanol–water partition coefficient (Wildman–Crippen LogP) is 4.68. The number of nitrogens with zero attached hydrogens (tertiary/aromatic N) is 4. The molecule has 0 spiro atoms. The van der Waals surface area contributed by atoms with E-state index in [4.69, 9.17) is 14.5 Å². The third-order valence-corrected chi connectivity index (χ3v) is 5.68. The van der Waals surface area contributed by atoms with Gasteiger partial charge in [-0.15, -0.1) is 0 Å². The zero-order valence-corrected chi connectivity index (χ0v) is 20.3. The molecule has 3 heterocycles. The van der Waals surface area contributed by atoms with Gasteiger partial charge >= 0.3 is 12.1 Å². The molecule has 2 aromatic heterocycles. The summed E-state index contributed by atoms with van der Waals surface area (Å²) in [6, 6.07) is 11.2. The molecule has 1 aromatic carbocycles. The first-order chi connectivity index (χ1) is 16.5. The van der Waals surface area contributed by atoms with Gasteiger partial charge in [-0.05, 0) is 50.6 Å². The Bertz CT molecular complexity index is 1230. The minimum Gasteiger partial charge on any atom is -0.435 e. The molecule has 0 N–H and O–H groups in total. The number of carbonyl (C=O) groups excluding carboxylic acids is 2. The lowest BCUT2D eigenvalue weighted by atomic mass is 10.0. The van der Waals surface area contributed by atoms with E-state index in [1.165, 1.54) is 0 Å². The molecule has 0 radical (unpaired) electrons. The number of fused-ring (bicyclic) bond motifs is 3. The average Bonchev–Trinajstić information content (AvgIpc) is 3.14. The summed E-state index contributed by atoms with van der Waals surface area (Å²) in [5.74, 6) is 0.209. The number of rotatable bonds is 7. The number of pyridine rings is 1. The summed E-state index contributed by atoms with van der Waals surface area (Å²) in [5, 5.41) is 0. The molecule has 0 bridgehead atoms. The largest absolute Gasteiger partial charge is 0.511 e. The van der Waals surface area contributed by atoms with Crippen LogP contribution in [0.2, 0.25) is 0 Å². The first-order valence-electron chi connectivity index (χ1n) is 10.8. The Morgan fingerprint density at radius 2 is 1.97 bits per heavy atom. The number of aliphatic imine (C=N–C) groups is 1. The quantitative estimate of drug-likeness (QED) is 0.325. The summed E-state index contributed by atoms with van der Waals surface area (Å²) >= 11 is 3.57. The van der Waals surface area contributed by atoms with Gasteiger partial charge in [-0.3, -0.25) is 19.3 Å². The normalized spacial score (nSPS) is 14.3. The lowest BCUT2D eigenvalue weighted by Gasteiger charge is -2.14. The lowest BCUT2D eigenvalue weighted by molar-refractivity contribution is -0.153. The maximum atomic E-state index is 12.3. The van der Waals surface area contributed by atoms with E-state index in [-0.39, 0.29) is 13.0 Å². The van der Waals surface area contributed by atoms with E-state index in [2.05, 4.69) is 35.2 Å². The Kier molecular flexibility index (Phi) is 7.36. The topological polar surface area (TPSA) is 105 Å². The zero-order valence-electron chi connectivity index (χ0n) is 18.7. The molecule has 9 nitrogen and oxygen atoms in total. The Morgan fingerprint density at radius 3 is 2.74 bits per heavy atom. The van der Waals surface area contributed by atoms with Crippen molar-refractivity contribution >= 4 is 33.8 Å². The number of esters is 1. The molecule has 0 fully saturated rings. The second-order valence-corrected chi connectivity index (χ2v) is 8.38. The van der Waals surface area contributed by atoms with Crippen LogP contribution < -0.4 is 0 Å². The van der Waals surface area contributed by atoms with Crippen LogP contribution in [0.25, 0.3) is 5.69 Å². The third-order valence-electron chi connectivity index (χ3n) is 5.19. The van der Waals surface area contributed by atoms with Crippen molar-refractivity contribution in [1.29, 1.82) is 0 Å². The number of halogens is 1. The van der Waals surface area contributed by atoms with Crippen molar-refractivity contribution in [3.8, 4) is 5.69 Å². The summed E-state index contributed by atoms with van der Waals surface area (Å²) < 4.78 is 17.3. The zero-order chi connectivity index (χ0) is 24.1. The number of hydrogen-bond donors (Lipinski definition) is 0. The maximum absolute atomic E-state index is 12.3. The van der Waals surface area contributed by atoms with Crippen LogP contribution in [0.5, 0.6) is 0 Å². The van der Waals surface area contributed by atoms with Gasteiger partial charge in [0, 0.05) is 34.5 Å². The Hall–Kier alpha value is -3.53. The number of benzene rings is 1. The number of imidazole rings is 1. The molecule has 0 amide bonds. The van der Waals surface area contributed by atoms with Crippen LogP contribution in [-0.2, 0) is 19.0 Å². The van der Waals surface area contributed by atoms with Gasteiger partial charge in [-0.25, -0.2) is 9.78 Å². The Balaban J connectivity index is 1.62. The number of hydrogen-bond acceptors (Lipinski definition) is 8. The van der Waals surface area contributed by atoms with Gasteiger partial charge in [-0.1, -0.05) is 22.0 Å². The minimum atomic E-state index is -0.884. The highest BCUT2D eigenvalue weighted by Crippen LogP contribution is 2.34. The molecule has 0 saturated carbocycles. The summed E-state index contributed by atoms with van der Waals surface area (Å²) in [4.78, 5) is 37.7. The summed E-state index contributed by atoms with van der Waals surface area (Å²) in [6.07, 6.45) is 3.04. The molecule has 1 atom stereocenters. The standard InChI is InChI=1S/C24H23BrN4O5/c1-3-32-24(31)34-14-33-21(30)10-8-19-23-27-13-15(2)29(23)20-9-7-16(25)12-17(20)22(28-19)18-6-4-5-11-26-18/h4-7,9,11-13,19H,3,8,10,14H2,1-2H3/t19-/m0/s1. The van der Waals surface area contributed by atoms with Crippen LogP contribution in [0.15, 0.2) is 58.3 Å². The van der Waals surface area contributed by atoms with Crippen LogP contribution in [0.3, 0.4) is 0 Å². The van der Waals surface area contributed by atoms with Crippen molar-refractivity contribution in [3.05, 3.63) is 76.0 Å². The highest BCUT2D eigenvalue weighted by Gasteiger charge is 2.28. The number of aryl methyl sites for hydroxylation is 1. The fourth-order valence-electron chi connectivity index (χ4n) is 3.71. The van der Waals surface area contributed by atoms with E-state index in [0.29, 0.717) is 12.1 Å². The van der Waals surface area contributed by atoms with Crippen molar-refractivity contribution in [2.24, 2.45) is 4.99 Å². The molecular weight excluding hydrogens is 504 g/mol. The Labute approximate surface area is 204 Å². The number of carbonyl (C=O) groups is 2. The van der Waals surface area contributed by atoms with Crippen LogP contribution in [-0.4, -0.2) is 45.8 Å². The molecule has 176 valence electrons. The smallest absolute Gasteiger partial charge is 0.435 e. The van der Waals surface area contributed by atoms with Gasteiger partial charge in [0.1, 0.15) is 11.9 Å². The van der Waals surface area contributed by atoms with Crippen LogP contribution in [0.1, 0.15) is 48.6 Å². The van der Waals surface area contributed by atoms with E-state index in [1.807, 2.05) is 43.3 Å². The van der Waals surface area contributed by atoms with Gasteiger partial charge in [0.15, 0.2) is 0 Å². The summed E-state index contributed by atoms with van der Waals surface area (Å²) in [7, 11) is 0. The molecule has 4 rings (SSSR count). The van der Waals surface area contributed by atoms with E-state index >= 15 is 0 Å². The van der Waals surface area contributed by atoms with Gasteiger partial charge < -0.3 is 14.2 Å². The molecule has 1 aliphatic rings. The van der Waals surface area contributed by atoms with E-state index in [1.54, 1.807) is 19.3 Å². The van der Waals surface area contributed by atoms with Crippen LogP contribution in [0.4, 0.5) is 4.79 Å². The molecule has 1 aliphatic heterocycles. The average molecular weight is 527 g/mol. The summed E-state index contributed by atoms with van der Waals surface area (Å²) in [5.41, 5.74) is 4.23. The van der Waals surface area contributed by atoms with Gasteiger partial charge in [0.05, 0.1) is 23.7 Å². The second-order valence-electron chi connectivity index (χ2n) is 7.46. The predicted molar refractivity (Wildman–Crippen MR) is 127 cm³/mol. The molecule has 0 saturated heterocycles. The first kappa shape index (κ1) is 23.6. The fourth-order valence-corrected chi connectivity index (χ4v) is 4.07. The summed E-state index contributed by atoms with van der Waals surface area (Å²) in [6.45, 7) is 3.31. The second kappa shape index (κ2) is 10.6. The molecule has 10 heteroatoms. The molecular formula is C24H23BrN4O5. The lowest BCUT2D eigenvalue weighted by Crippen LogP contribution is -2.15. The van der Waals surface area contributed by atoms with Crippen molar-refractivity contribution in [2.75, 3.05) is 13.4 Å². The van der Waals surface area contributed by atoms with Gasteiger partial charge in [-0.2, -0.15) is 0 Å². The van der Waals surface area contributed by atoms with E-state index < -0.39 is 25.0 Å². The van der Waals surface area contributed by atoms with Gasteiger partial charge in [0.25, 0.3) is 0 Å². The van der Waals surface area contributed by atoms with E-state index in [9.17, 15) is 9.59 Å². The maximum Gasteiger partial charge on any atom is 0.511 e. The van der Waals surface area contributed by atoms with Crippen molar-refractivity contribution < 1.29 is 23.8 Å². The monoisotopic (exact) mass is 526 g/mol. The van der Waals surface area contributed by atoms with Crippen molar-refractivity contribution in [1.82, 2.24) is 14.5 Å².